The van der Waals surface area contributed by atoms with E-state index < -0.39 is 20.5 Å². The average Bonchev–Trinajstić information content (AvgIpc) is 3.00. The van der Waals surface area contributed by atoms with E-state index in [1.807, 2.05) is 31.2 Å². The summed E-state index contributed by atoms with van der Waals surface area (Å²) in [5.41, 5.74) is 13.3. The Morgan fingerprint density at radius 3 is 2.00 bits per heavy atom. The van der Waals surface area contributed by atoms with Crippen LogP contribution >= 0.6 is 0 Å². The van der Waals surface area contributed by atoms with Crippen molar-refractivity contribution in [3.05, 3.63) is 35.4 Å². The fourth-order valence-electron chi connectivity index (χ4n) is 2.98. The minimum absolute atomic E-state index is 0.0666. The molecule has 0 saturated heterocycles. The van der Waals surface area contributed by atoms with Gasteiger partial charge in [0.15, 0.2) is 9.84 Å². The summed E-state index contributed by atoms with van der Waals surface area (Å²) in [6.45, 7) is 2.61. The molecule has 5 heteroatoms. The van der Waals surface area contributed by atoms with E-state index in [0.29, 0.717) is 13.1 Å². The van der Waals surface area contributed by atoms with Gasteiger partial charge in [0.2, 0.25) is 0 Å². The van der Waals surface area contributed by atoms with Gasteiger partial charge in [-0.25, -0.2) is 8.42 Å². The molecule has 0 aliphatic heterocycles. The van der Waals surface area contributed by atoms with Crippen molar-refractivity contribution in [2.45, 2.75) is 18.1 Å². The van der Waals surface area contributed by atoms with Crippen LogP contribution < -0.4 is 11.5 Å². The Morgan fingerprint density at radius 1 is 1.17 bits per heavy atom. The van der Waals surface area contributed by atoms with Crippen molar-refractivity contribution in [1.29, 1.82) is 0 Å². The van der Waals surface area contributed by atoms with Crippen LogP contribution in [0.3, 0.4) is 0 Å². The van der Waals surface area contributed by atoms with Gasteiger partial charge in [-0.15, -0.1) is 0 Å². The van der Waals surface area contributed by atoms with Gasteiger partial charge >= 0.3 is 0 Å². The molecule has 0 amide bonds. The highest BCUT2D eigenvalue weighted by Crippen LogP contribution is 2.61. The summed E-state index contributed by atoms with van der Waals surface area (Å²) in [4.78, 5) is 0. The first-order chi connectivity index (χ1) is 8.36. The third-order valence-electron chi connectivity index (χ3n) is 4.04. The fourth-order valence-corrected chi connectivity index (χ4v) is 5.01. The summed E-state index contributed by atoms with van der Waals surface area (Å²) in [5, 5.41) is -0.442. The van der Waals surface area contributed by atoms with Gasteiger partial charge in [0.05, 0.1) is 5.25 Å². The molecule has 0 radical (unpaired) electrons. The first-order valence-corrected chi connectivity index (χ1v) is 7.98. The molecule has 1 aliphatic rings. The summed E-state index contributed by atoms with van der Waals surface area (Å²) in [6, 6.07) is 7.94. The average molecular weight is 268 g/mol. The molecule has 0 bridgehead atoms. The van der Waals surface area contributed by atoms with Crippen LogP contribution in [-0.2, 0) is 9.84 Å². The van der Waals surface area contributed by atoms with Gasteiger partial charge in [0.1, 0.15) is 0 Å². The Hall–Kier alpha value is -0.910. The highest BCUT2D eigenvalue weighted by atomic mass is 32.2. The molecule has 0 spiro atoms. The van der Waals surface area contributed by atoms with Crippen LogP contribution in [0.2, 0.25) is 0 Å². The molecule has 0 heterocycles. The zero-order valence-corrected chi connectivity index (χ0v) is 11.6. The fraction of sp³-hybridized carbons (Fsp3) is 0.538. The monoisotopic (exact) mass is 268 g/mol. The zero-order valence-electron chi connectivity index (χ0n) is 10.8. The van der Waals surface area contributed by atoms with Gasteiger partial charge in [-0.2, -0.15) is 0 Å². The van der Waals surface area contributed by atoms with Gasteiger partial charge in [-0.1, -0.05) is 29.8 Å². The molecule has 1 saturated carbocycles. The second-order valence-electron chi connectivity index (χ2n) is 5.28. The molecule has 1 aliphatic carbocycles. The van der Waals surface area contributed by atoms with Gasteiger partial charge in [0.25, 0.3) is 0 Å². The van der Waals surface area contributed by atoms with E-state index in [4.69, 9.17) is 11.5 Å². The molecular formula is C13H20N2O2S. The van der Waals surface area contributed by atoms with Crippen LogP contribution in [0, 0.1) is 12.3 Å². The van der Waals surface area contributed by atoms with Gasteiger partial charge < -0.3 is 11.5 Å². The van der Waals surface area contributed by atoms with Crippen molar-refractivity contribution in [3.63, 3.8) is 0 Å². The molecule has 1 fully saturated rings. The Labute approximate surface area is 108 Å². The van der Waals surface area contributed by atoms with Crippen LogP contribution in [-0.4, -0.2) is 33.0 Å². The first-order valence-electron chi connectivity index (χ1n) is 6.02. The summed E-state index contributed by atoms with van der Waals surface area (Å²) in [7, 11) is -3.13. The first kappa shape index (κ1) is 13.5. The molecule has 100 valence electrons. The van der Waals surface area contributed by atoms with E-state index in [1.165, 1.54) is 6.26 Å². The largest absolute Gasteiger partial charge is 0.330 e. The molecule has 2 unspecified atom stereocenters. The lowest BCUT2D eigenvalue weighted by atomic mass is 9.99. The van der Waals surface area contributed by atoms with E-state index in [2.05, 4.69) is 0 Å². The topological polar surface area (TPSA) is 86.2 Å². The second-order valence-corrected chi connectivity index (χ2v) is 7.45. The number of benzene rings is 1. The van der Waals surface area contributed by atoms with Crippen molar-refractivity contribution >= 4 is 9.84 Å². The molecule has 2 atom stereocenters. The molecule has 1 aromatic carbocycles. The van der Waals surface area contributed by atoms with Crippen molar-refractivity contribution < 1.29 is 8.42 Å². The number of sulfone groups is 1. The van der Waals surface area contributed by atoms with Gasteiger partial charge in [0, 0.05) is 30.7 Å². The van der Waals surface area contributed by atoms with Crippen molar-refractivity contribution in [1.82, 2.24) is 0 Å². The summed E-state index contributed by atoms with van der Waals surface area (Å²) in [5.74, 6) is -0.0666. The summed E-state index contributed by atoms with van der Waals surface area (Å²) >= 11 is 0. The Morgan fingerprint density at radius 2 is 1.67 bits per heavy atom. The molecule has 0 aromatic heterocycles. The number of rotatable bonds is 4. The standard InChI is InChI=1S/C13H20N2O2S/c1-9-3-5-10(6-4-9)11-12(18(2,16)17)13(11,7-14)8-15/h3-6,11-12H,7-8,14-15H2,1-2H3. The zero-order chi connectivity index (χ0) is 13.6. The van der Waals surface area contributed by atoms with Crippen molar-refractivity contribution in [2.24, 2.45) is 16.9 Å². The summed E-state index contributed by atoms with van der Waals surface area (Å²) in [6.07, 6.45) is 1.27. The molecule has 18 heavy (non-hydrogen) atoms. The predicted molar refractivity (Wildman–Crippen MR) is 73.1 cm³/mol. The van der Waals surface area contributed by atoms with Crippen LogP contribution in [0.15, 0.2) is 24.3 Å². The van der Waals surface area contributed by atoms with E-state index in [9.17, 15) is 8.42 Å². The van der Waals surface area contributed by atoms with E-state index in [1.54, 1.807) is 0 Å². The molecule has 2 rings (SSSR count). The van der Waals surface area contributed by atoms with Crippen molar-refractivity contribution in [3.8, 4) is 0 Å². The molecule has 4 nitrogen and oxygen atoms in total. The quantitative estimate of drug-likeness (QED) is 0.828. The highest BCUT2D eigenvalue weighted by Gasteiger charge is 2.68. The maximum absolute atomic E-state index is 11.9. The number of hydrogen-bond donors (Lipinski definition) is 2. The smallest absolute Gasteiger partial charge is 0.151 e. The van der Waals surface area contributed by atoms with Gasteiger partial charge in [-0.3, -0.25) is 0 Å². The third-order valence-corrected chi connectivity index (χ3v) is 5.70. The third kappa shape index (κ3) is 1.96. The Kier molecular flexibility index (Phi) is 3.25. The summed E-state index contributed by atoms with van der Waals surface area (Å²) < 4.78 is 23.7. The maximum atomic E-state index is 11.9. The number of hydrogen-bond acceptors (Lipinski definition) is 4. The van der Waals surface area contributed by atoms with Crippen LogP contribution in [0.1, 0.15) is 17.0 Å². The highest BCUT2D eigenvalue weighted by molar-refractivity contribution is 7.91. The van der Waals surface area contributed by atoms with Crippen LogP contribution in [0.4, 0.5) is 0 Å². The Bertz CT molecular complexity index is 533. The minimum Gasteiger partial charge on any atom is -0.330 e. The molecule has 4 N–H and O–H groups in total. The normalized spacial score (nSPS) is 26.0. The van der Waals surface area contributed by atoms with Crippen LogP contribution in [0.5, 0.6) is 0 Å². The van der Waals surface area contributed by atoms with Crippen LogP contribution in [0.25, 0.3) is 0 Å². The lowest BCUT2D eigenvalue weighted by molar-refractivity contribution is 0.511. The molecular weight excluding hydrogens is 248 g/mol. The van der Waals surface area contributed by atoms with E-state index in [0.717, 1.165) is 11.1 Å². The van der Waals surface area contributed by atoms with E-state index >= 15 is 0 Å². The van der Waals surface area contributed by atoms with Crippen molar-refractivity contribution in [2.75, 3.05) is 19.3 Å². The molecule has 1 aromatic rings. The second kappa shape index (κ2) is 4.33. The SMILES string of the molecule is Cc1ccc(C2C(S(C)(=O)=O)C2(CN)CN)cc1. The number of aryl methyl sites for hydroxylation is 1. The van der Waals surface area contributed by atoms with E-state index in [-0.39, 0.29) is 5.92 Å². The lowest BCUT2D eigenvalue weighted by Crippen LogP contribution is -2.31. The lowest BCUT2D eigenvalue weighted by Gasteiger charge is -2.12. The predicted octanol–water partition coefficient (Wildman–Crippen LogP) is 0.409. The number of nitrogens with two attached hydrogens (primary N) is 2. The minimum atomic E-state index is -3.13. The maximum Gasteiger partial charge on any atom is 0.151 e. The van der Waals surface area contributed by atoms with Gasteiger partial charge in [-0.05, 0) is 12.5 Å². The Balaban J connectivity index is 2.41.